The predicted molar refractivity (Wildman–Crippen MR) is 59.0 cm³/mol. The van der Waals surface area contributed by atoms with E-state index in [1.54, 1.807) is 18.2 Å². The van der Waals surface area contributed by atoms with Gasteiger partial charge in [-0.3, -0.25) is 4.18 Å². The Kier molecular flexibility index (Phi) is 8.30. The van der Waals surface area contributed by atoms with Crippen LogP contribution in [0.25, 0.3) is 0 Å². The topological polar surface area (TPSA) is 69.4 Å². The minimum Gasteiger partial charge on any atom is -0.330 e. The van der Waals surface area contributed by atoms with Crippen molar-refractivity contribution in [3.05, 3.63) is 30.3 Å². The van der Waals surface area contributed by atoms with Gasteiger partial charge in [-0.2, -0.15) is 8.42 Å². The van der Waals surface area contributed by atoms with E-state index in [0.29, 0.717) is 13.0 Å². The van der Waals surface area contributed by atoms with Gasteiger partial charge in [0.2, 0.25) is 0 Å². The normalized spacial score (nSPS) is 10.7. The van der Waals surface area contributed by atoms with E-state index in [-0.39, 0.29) is 62.9 Å². The molecule has 1 aromatic carbocycles. The largest absolute Gasteiger partial charge is 0.330 e. The molecule has 0 saturated carbocycles. The number of hydrogen-bond donors (Lipinski definition) is 1. The SMILES string of the molecule is NCCCOS(=O)(=O)c1ccccc1.[K]. The first-order valence-electron chi connectivity index (χ1n) is 4.31. The van der Waals surface area contributed by atoms with Crippen LogP contribution in [0.3, 0.4) is 0 Å². The summed E-state index contributed by atoms with van der Waals surface area (Å²) in [6, 6.07) is 8.05. The molecular weight excluding hydrogens is 241 g/mol. The van der Waals surface area contributed by atoms with Gasteiger partial charge in [-0.15, -0.1) is 0 Å². The maximum absolute atomic E-state index is 11.4. The fourth-order valence-corrected chi connectivity index (χ4v) is 1.87. The molecule has 0 heterocycles. The number of nitrogens with two attached hydrogens (primary N) is 1. The maximum Gasteiger partial charge on any atom is 0.296 e. The van der Waals surface area contributed by atoms with Gasteiger partial charge in [0.25, 0.3) is 10.1 Å². The zero-order valence-corrected chi connectivity index (χ0v) is 12.7. The molecule has 6 heteroatoms. The van der Waals surface area contributed by atoms with Gasteiger partial charge >= 0.3 is 0 Å². The molecule has 1 radical (unpaired) electrons. The van der Waals surface area contributed by atoms with Crippen molar-refractivity contribution in [3.8, 4) is 0 Å². The quantitative estimate of drug-likeness (QED) is 0.468. The van der Waals surface area contributed by atoms with E-state index in [4.69, 9.17) is 9.92 Å². The third-order valence-electron chi connectivity index (χ3n) is 1.62. The molecule has 1 aromatic rings. The van der Waals surface area contributed by atoms with Crippen LogP contribution in [0.15, 0.2) is 35.2 Å². The second-order valence-electron chi connectivity index (χ2n) is 2.73. The average molecular weight is 254 g/mol. The summed E-state index contributed by atoms with van der Waals surface area (Å²) in [5.41, 5.74) is 5.22. The van der Waals surface area contributed by atoms with Crippen LogP contribution in [-0.4, -0.2) is 73.0 Å². The van der Waals surface area contributed by atoms with Crippen LogP contribution in [0, 0.1) is 0 Å². The molecule has 0 saturated heterocycles. The zero-order chi connectivity index (χ0) is 10.4. The second kappa shape index (κ2) is 7.91. The van der Waals surface area contributed by atoms with Gasteiger partial charge in [-0.1, -0.05) is 18.2 Å². The van der Waals surface area contributed by atoms with Gasteiger partial charge in [-0.25, -0.2) is 0 Å². The molecule has 0 aliphatic carbocycles. The van der Waals surface area contributed by atoms with Crippen molar-refractivity contribution in [2.24, 2.45) is 5.73 Å². The van der Waals surface area contributed by atoms with Gasteiger partial charge < -0.3 is 5.73 Å². The van der Waals surface area contributed by atoms with Crippen LogP contribution < -0.4 is 5.73 Å². The summed E-state index contributed by atoms with van der Waals surface area (Å²) in [5.74, 6) is 0. The molecule has 1 rings (SSSR count). The Morgan fingerprint density at radius 3 is 2.33 bits per heavy atom. The van der Waals surface area contributed by atoms with Gasteiger partial charge in [0.15, 0.2) is 0 Å². The molecule has 0 amide bonds. The molecule has 0 unspecified atom stereocenters. The molecule has 4 nitrogen and oxygen atoms in total. The molecule has 0 bridgehead atoms. The van der Waals surface area contributed by atoms with Crippen molar-refractivity contribution >= 4 is 61.5 Å². The summed E-state index contributed by atoms with van der Waals surface area (Å²) < 4.78 is 27.6. The van der Waals surface area contributed by atoms with E-state index in [2.05, 4.69) is 0 Å². The molecule has 15 heavy (non-hydrogen) atoms. The van der Waals surface area contributed by atoms with Crippen LogP contribution in [0.2, 0.25) is 0 Å². The molecule has 79 valence electrons. The molecule has 0 fully saturated rings. The van der Waals surface area contributed by atoms with Crippen molar-refractivity contribution in [1.29, 1.82) is 0 Å². The Hall–Kier alpha value is 0.726. The minimum atomic E-state index is -3.59. The Morgan fingerprint density at radius 2 is 1.80 bits per heavy atom. The third-order valence-corrected chi connectivity index (χ3v) is 2.95. The fourth-order valence-electron chi connectivity index (χ4n) is 0.907. The molecule has 0 spiro atoms. The van der Waals surface area contributed by atoms with Crippen LogP contribution in [0.5, 0.6) is 0 Å². The second-order valence-corrected chi connectivity index (χ2v) is 4.35. The number of hydrogen-bond acceptors (Lipinski definition) is 4. The van der Waals surface area contributed by atoms with Crippen LogP contribution in [0.1, 0.15) is 6.42 Å². The Bertz CT molecular complexity index is 366. The third kappa shape index (κ3) is 5.55. The Labute approximate surface area is 133 Å². The van der Waals surface area contributed by atoms with Gasteiger partial charge in [-0.05, 0) is 25.1 Å². The van der Waals surface area contributed by atoms with E-state index in [1.807, 2.05) is 0 Å². The summed E-state index contributed by atoms with van der Waals surface area (Å²) in [4.78, 5) is 0.178. The number of rotatable bonds is 5. The van der Waals surface area contributed by atoms with E-state index >= 15 is 0 Å². The summed E-state index contributed by atoms with van der Waals surface area (Å²) in [5, 5.41) is 0. The van der Waals surface area contributed by atoms with Crippen LogP contribution >= 0.6 is 0 Å². The van der Waals surface area contributed by atoms with E-state index in [1.165, 1.54) is 12.1 Å². The van der Waals surface area contributed by atoms with Crippen LogP contribution in [-0.2, 0) is 14.3 Å². The summed E-state index contributed by atoms with van der Waals surface area (Å²) >= 11 is 0. The molecular formula is C9H13KNO3S. The van der Waals surface area contributed by atoms with Gasteiger partial charge in [0, 0.05) is 51.4 Å². The molecule has 2 N–H and O–H groups in total. The van der Waals surface area contributed by atoms with E-state index in [0.717, 1.165) is 0 Å². The van der Waals surface area contributed by atoms with Crippen LogP contribution in [0.4, 0.5) is 0 Å². The molecule has 0 aliphatic heterocycles. The van der Waals surface area contributed by atoms with Crippen molar-refractivity contribution in [1.82, 2.24) is 0 Å². The summed E-state index contributed by atoms with van der Waals surface area (Å²) in [7, 11) is -3.59. The Morgan fingerprint density at radius 1 is 1.20 bits per heavy atom. The molecule has 0 aliphatic rings. The van der Waals surface area contributed by atoms with Gasteiger partial charge in [0.05, 0.1) is 11.5 Å². The maximum atomic E-state index is 11.4. The first kappa shape index (κ1) is 15.7. The Balaban J connectivity index is 0.00000196. The van der Waals surface area contributed by atoms with Crippen molar-refractivity contribution < 1.29 is 12.6 Å². The standard InChI is InChI=1S/C9H13NO3S.K/c10-7-4-8-13-14(11,12)9-5-2-1-3-6-9;/h1-3,5-6H,4,7-8,10H2;. The monoisotopic (exact) mass is 254 g/mol. The van der Waals surface area contributed by atoms with E-state index in [9.17, 15) is 8.42 Å². The first-order valence-corrected chi connectivity index (χ1v) is 5.72. The van der Waals surface area contributed by atoms with E-state index < -0.39 is 10.1 Å². The molecule has 0 atom stereocenters. The zero-order valence-electron chi connectivity index (χ0n) is 8.72. The number of benzene rings is 1. The van der Waals surface area contributed by atoms with Crippen molar-refractivity contribution in [3.63, 3.8) is 0 Å². The fraction of sp³-hybridized carbons (Fsp3) is 0.333. The first-order chi connectivity index (χ1) is 6.67. The summed E-state index contributed by atoms with van der Waals surface area (Å²) in [6.45, 7) is 0.554. The van der Waals surface area contributed by atoms with Gasteiger partial charge in [0.1, 0.15) is 0 Å². The smallest absolute Gasteiger partial charge is 0.296 e. The molecule has 0 aromatic heterocycles. The van der Waals surface area contributed by atoms with Crippen molar-refractivity contribution in [2.75, 3.05) is 13.2 Å². The average Bonchev–Trinajstić information content (AvgIpc) is 2.19. The summed E-state index contributed by atoms with van der Waals surface area (Å²) in [6.07, 6.45) is 0.534. The predicted octanol–water partition coefficient (Wildman–Crippen LogP) is 0.360. The van der Waals surface area contributed by atoms with Crippen molar-refractivity contribution in [2.45, 2.75) is 11.3 Å². The minimum absolute atomic E-state index is 0.